The number of nitrogen functional groups attached to an aromatic ring is 1. The third-order valence-electron chi connectivity index (χ3n) is 1.55. The van der Waals surface area contributed by atoms with Gasteiger partial charge in [0.25, 0.3) is 6.43 Å². The van der Waals surface area contributed by atoms with E-state index in [1.54, 1.807) is 0 Å². The molecule has 0 fully saturated rings. The Morgan fingerprint density at radius 3 is 2.33 bits per heavy atom. The largest absolute Gasteiger partial charge is 0.382 e. The van der Waals surface area contributed by atoms with Crippen molar-refractivity contribution in [1.82, 2.24) is 4.98 Å². The van der Waals surface area contributed by atoms with Crippen molar-refractivity contribution in [2.24, 2.45) is 5.14 Å². The number of nitrogens with two attached hydrogens (primary N) is 2. The standard InChI is InChI=1S/C6H6F3N3O2S/c7-3-2(5(8)9)1-12-6(10)4(3)15(11,13)14/h1,5H,(H2,10,12)(H2,11,13,14). The van der Waals surface area contributed by atoms with Gasteiger partial charge in [-0.2, -0.15) is 0 Å². The number of alkyl halides is 2. The zero-order valence-electron chi connectivity index (χ0n) is 7.12. The van der Waals surface area contributed by atoms with Crippen molar-refractivity contribution in [2.75, 3.05) is 5.73 Å². The van der Waals surface area contributed by atoms with Crippen LogP contribution in [0.4, 0.5) is 19.0 Å². The molecule has 1 heterocycles. The number of primary sulfonamides is 1. The Labute approximate surface area is 83.0 Å². The van der Waals surface area contributed by atoms with E-state index in [9.17, 15) is 21.6 Å². The first-order chi connectivity index (χ1) is 6.75. The van der Waals surface area contributed by atoms with Crippen LogP contribution in [0.1, 0.15) is 12.0 Å². The third kappa shape index (κ3) is 2.18. The highest BCUT2D eigenvalue weighted by Gasteiger charge is 2.25. The van der Waals surface area contributed by atoms with Gasteiger partial charge in [0.15, 0.2) is 10.7 Å². The molecule has 15 heavy (non-hydrogen) atoms. The minimum atomic E-state index is -4.52. The number of halogens is 3. The molecular weight excluding hydrogens is 235 g/mol. The predicted molar refractivity (Wildman–Crippen MR) is 44.9 cm³/mol. The molecule has 84 valence electrons. The average Bonchev–Trinajstić information content (AvgIpc) is 2.00. The van der Waals surface area contributed by atoms with Crippen molar-refractivity contribution in [3.63, 3.8) is 0 Å². The Bertz CT molecular complexity index is 489. The van der Waals surface area contributed by atoms with Gasteiger partial charge in [0, 0.05) is 6.20 Å². The first-order valence-corrected chi connectivity index (χ1v) is 5.04. The van der Waals surface area contributed by atoms with Crippen LogP contribution in [0.25, 0.3) is 0 Å². The summed E-state index contributed by atoms with van der Waals surface area (Å²) in [6.45, 7) is 0. The van der Waals surface area contributed by atoms with E-state index in [0.29, 0.717) is 6.20 Å². The van der Waals surface area contributed by atoms with Crippen LogP contribution in [-0.4, -0.2) is 13.4 Å². The summed E-state index contributed by atoms with van der Waals surface area (Å²) in [6, 6.07) is 0. The molecular formula is C6H6F3N3O2S. The summed E-state index contributed by atoms with van der Waals surface area (Å²) in [5, 5.41) is 4.59. The van der Waals surface area contributed by atoms with Crippen LogP contribution in [0.5, 0.6) is 0 Å². The van der Waals surface area contributed by atoms with Crippen LogP contribution < -0.4 is 10.9 Å². The van der Waals surface area contributed by atoms with Crippen LogP contribution in [0.2, 0.25) is 0 Å². The molecule has 0 aliphatic heterocycles. The van der Waals surface area contributed by atoms with Gasteiger partial charge in [-0.1, -0.05) is 0 Å². The zero-order valence-corrected chi connectivity index (χ0v) is 7.93. The van der Waals surface area contributed by atoms with Crippen LogP contribution in [0.15, 0.2) is 11.1 Å². The molecule has 9 heteroatoms. The molecule has 1 rings (SSSR count). The fourth-order valence-corrected chi connectivity index (χ4v) is 1.63. The molecule has 0 aromatic carbocycles. The van der Waals surface area contributed by atoms with E-state index in [4.69, 9.17) is 5.73 Å². The zero-order chi connectivity index (χ0) is 11.8. The van der Waals surface area contributed by atoms with Gasteiger partial charge in [0.05, 0.1) is 5.56 Å². The van der Waals surface area contributed by atoms with E-state index in [1.807, 2.05) is 0 Å². The average molecular weight is 241 g/mol. The summed E-state index contributed by atoms with van der Waals surface area (Å²) in [6.07, 6.45) is -2.73. The molecule has 0 aliphatic carbocycles. The van der Waals surface area contributed by atoms with Gasteiger partial charge in [0.1, 0.15) is 5.82 Å². The number of hydrogen-bond donors (Lipinski definition) is 2. The highest BCUT2D eigenvalue weighted by Crippen LogP contribution is 2.27. The van der Waals surface area contributed by atoms with Gasteiger partial charge < -0.3 is 5.73 Å². The van der Waals surface area contributed by atoms with Gasteiger partial charge in [-0.05, 0) is 0 Å². The van der Waals surface area contributed by atoms with Crippen molar-refractivity contribution in [2.45, 2.75) is 11.3 Å². The second kappa shape index (κ2) is 3.66. The number of nitrogens with zero attached hydrogens (tertiary/aromatic N) is 1. The second-order valence-corrected chi connectivity index (χ2v) is 4.09. The molecule has 5 nitrogen and oxygen atoms in total. The highest BCUT2D eigenvalue weighted by molar-refractivity contribution is 7.89. The first-order valence-electron chi connectivity index (χ1n) is 3.50. The maximum Gasteiger partial charge on any atom is 0.268 e. The molecule has 4 N–H and O–H groups in total. The monoisotopic (exact) mass is 241 g/mol. The van der Waals surface area contributed by atoms with Crippen molar-refractivity contribution >= 4 is 15.8 Å². The predicted octanol–water partition coefficient (Wildman–Crippen LogP) is 0.388. The Morgan fingerprint density at radius 2 is 1.93 bits per heavy atom. The molecule has 0 saturated carbocycles. The van der Waals surface area contributed by atoms with Crippen molar-refractivity contribution < 1.29 is 21.6 Å². The number of aromatic nitrogens is 1. The maximum atomic E-state index is 13.2. The summed E-state index contributed by atoms with van der Waals surface area (Å²) in [5.41, 5.74) is 3.86. The molecule has 1 aromatic rings. The quantitative estimate of drug-likeness (QED) is 0.782. The fourth-order valence-electron chi connectivity index (χ4n) is 0.921. The summed E-state index contributed by atoms with van der Waals surface area (Å²) in [7, 11) is -4.52. The molecule has 0 amide bonds. The van der Waals surface area contributed by atoms with Gasteiger partial charge in [-0.3, -0.25) is 0 Å². The summed E-state index contributed by atoms with van der Waals surface area (Å²) in [5.74, 6) is -2.42. The molecule has 0 bridgehead atoms. The lowest BCUT2D eigenvalue weighted by molar-refractivity contribution is 0.145. The smallest absolute Gasteiger partial charge is 0.268 e. The van der Waals surface area contributed by atoms with E-state index in [-0.39, 0.29) is 0 Å². The van der Waals surface area contributed by atoms with Gasteiger partial charge >= 0.3 is 0 Å². The van der Waals surface area contributed by atoms with Crippen LogP contribution in [0.3, 0.4) is 0 Å². The van der Waals surface area contributed by atoms with Gasteiger partial charge in [-0.15, -0.1) is 0 Å². The number of hydrogen-bond acceptors (Lipinski definition) is 4. The highest BCUT2D eigenvalue weighted by atomic mass is 32.2. The molecule has 0 saturated heterocycles. The lowest BCUT2D eigenvalue weighted by atomic mass is 10.3. The van der Waals surface area contributed by atoms with E-state index in [0.717, 1.165) is 0 Å². The van der Waals surface area contributed by atoms with Crippen molar-refractivity contribution in [3.8, 4) is 0 Å². The van der Waals surface area contributed by atoms with E-state index >= 15 is 0 Å². The molecule has 0 atom stereocenters. The Balaban J connectivity index is 3.59. The summed E-state index contributed by atoms with van der Waals surface area (Å²) >= 11 is 0. The molecule has 0 spiro atoms. The van der Waals surface area contributed by atoms with Crippen LogP contribution in [0, 0.1) is 5.82 Å². The second-order valence-electron chi connectivity index (χ2n) is 2.59. The SMILES string of the molecule is Nc1ncc(C(F)F)c(F)c1S(N)(=O)=O. The van der Waals surface area contributed by atoms with Gasteiger partial charge in [-0.25, -0.2) is 31.7 Å². The third-order valence-corrected chi connectivity index (χ3v) is 2.51. The molecule has 0 aliphatic rings. The first kappa shape index (κ1) is 11.7. The topological polar surface area (TPSA) is 99.1 Å². The number of pyridine rings is 1. The van der Waals surface area contributed by atoms with Crippen LogP contribution in [-0.2, 0) is 10.0 Å². The summed E-state index contributed by atoms with van der Waals surface area (Å²) in [4.78, 5) is 1.92. The summed E-state index contributed by atoms with van der Waals surface area (Å²) < 4.78 is 59.2. The molecule has 0 radical (unpaired) electrons. The van der Waals surface area contributed by atoms with E-state index in [2.05, 4.69) is 10.1 Å². The number of sulfonamides is 1. The van der Waals surface area contributed by atoms with Crippen molar-refractivity contribution in [3.05, 3.63) is 17.6 Å². The lowest BCUT2D eigenvalue weighted by Gasteiger charge is -2.07. The minimum absolute atomic E-state index is 0.462. The van der Waals surface area contributed by atoms with E-state index < -0.39 is 38.5 Å². The fraction of sp³-hybridized carbons (Fsp3) is 0.167. The van der Waals surface area contributed by atoms with Crippen LogP contribution >= 0.6 is 0 Å². The van der Waals surface area contributed by atoms with E-state index in [1.165, 1.54) is 0 Å². The Morgan fingerprint density at radius 1 is 1.40 bits per heavy atom. The number of rotatable bonds is 2. The minimum Gasteiger partial charge on any atom is -0.382 e. The van der Waals surface area contributed by atoms with Crippen molar-refractivity contribution in [1.29, 1.82) is 0 Å². The molecule has 0 unspecified atom stereocenters. The number of anilines is 1. The normalized spacial score (nSPS) is 12.1. The maximum absolute atomic E-state index is 13.2. The Kier molecular flexibility index (Phi) is 2.86. The molecule has 1 aromatic heterocycles. The lowest BCUT2D eigenvalue weighted by Crippen LogP contribution is -2.18. The van der Waals surface area contributed by atoms with Gasteiger partial charge in [0.2, 0.25) is 10.0 Å². The Hall–Kier alpha value is -1.35.